The molecule has 0 N–H and O–H groups in total. The predicted octanol–water partition coefficient (Wildman–Crippen LogP) is 2.55. The minimum Gasteiger partial charge on any atom is -0.424 e. The van der Waals surface area contributed by atoms with E-state index in [0.717, 1.165) is 32.6 Å². The molecule has 1 amide bonds. The second-order valence-electron chi connectivity index (χ2n) is 6.96. The summed E-state index contributed by atoms with van der Waals surface area (Å²) in [6, 6.07) is 0.117. The normalized spacial score (nSPS) is 22.3. The summed E-state index contributed by atoms with van der Waals surface area (Å²) in [5.41, 5.74) is 0. The van der Waals surface area contributed by atoms with Gasteiger partial charge in [-0.2, -0.15) is 0 Å². The van der Waals surface area contributed by atoms with Crippen LogP contribution in [0.25, 0.3) is 0 Å². The third-order valence-corrected chi connectivity index (χ3v) is 5.30. The van der Waals surface area contributed by atoms with Gasteiger partial charge in [-0.15, -0.1) is 10.2 Å². The monoisotopic (exact) mass is 320 g/mol. The van der Waals surface area contributed by atoms with Crippen LogP contribution < -0.4 is 0 Å². The van der Waals surface area contributed by atoms with E-state index in [4.69, 9.17) is 4.42 Å². The van der Waals surface area contributed by atoms with Gasteiger partial charge in [0.2, 0.25) is 17.7 Å². The summed E-state index contributed by atoms with van der Waals surface area (Å²) in [7, 11) is 0. The van der Waals surface area contributed by atoms with Crippen LogP contribution in [0.15, 0.2) is 4.42 Å². The predicted molar refractivity (Wildman–Crippen MR) is 86.8 cm³/mol. The second-order valence-corrected chi connectivity index (χ2v) is 6.96. The molecule has 1 saturated carbocycles. The van der Waals surface area contributed by atoms with Crippen LogP contribution in [0, 0.1) is 12.8 Å². The first kappa shape index (κ1) is 16.4. The van der Waals surface area contributed by atoms with Gasteiger partial charge in [-0.3, -0.25) is 9.69 Å². The van der Waals surface area contributed by atoms with E-state index < -0.39 is 0 Å². The molecule has 2 fully saturated rings. The van der Waals surface area contributed by atoms with E-state index in [1.165, 1.54) is 32.1 Å². The van der Waals surface area contributed by atoms with Gasteiger partial charge in [-0.1, -0.05) is 19.3 Å². The molecule has 1 atom stereocenters. The number of carbonyl (C=O) groups is 1. The van der Waals surface area contributed by atoms with E-state index in [1.54, 1.807) is 0 Å². The Hall–Kier alpha value is -1.43. The first-order valence-electron chi connectivity index (χ1n) is 8.95. The number of piperazine rings is 1. The maximum atomic E-state index is 12.5. The molecule has 0 bridgehead atoms. The van der Waals surface area contributed by atoms with Crippen molar-refractivity contribution in [3.8, 4) is 0 Å². The van der Waals surface area contributed by atoms with Gasteiger partial charge in [0, 0.05) is 39.5 Å². The quantitative estimate of drug-likeness (QED) is 0.853. The van der Waals surface area contributed by atoms with Crippen LogP contribution >= 0.6 is 0 Å². The van der Waals surface area contributed by atoms with Gasteiger partial charge in [0.1, 0.15) is 0 Å². The van der Waals surface area contributed by atoms with Crippen molar-refractivity contribution in [2.24, 2.45) is 5.92 Å². The molecule has 1 aliphatic carbocycles. The largest absolute Gasteiger partial charge is 0.424 e. The fourth-order valence-corrected chi connectivity index (χ4v) is 3.76. The number of hydrogen-bond donors (Lipinski definition) is 0. The summed E-state index contributed by atoms with van der Waals surface area (Å²) < 4.78 is 5.53. The van der Waals surface area contributed by atoms with Gasteiger partial charge in [0.25, 0.3) is 0 Å². The lowest BCUT2D eigenvalue weighted by atomic mass is 9.86. The molecule has 1 aromatic heterocycles. The Bertz CT molecular complexity index is 516. The van der Waals surface area contributed by atoms with Gasteiger partial charge < -0.3 is 9.32 Å². The molecule has 0 unspecified atom stereocenters. The Morgan fingerprint density at radius 3 is 2.48 bits per heavy atom. The molecule has 6 nitrogen and oxygen atoms in total. The molecule has 0 radical (unpaired) electrons. The molecule has 0 spiro atoms. The van der Waals surface area contributed by atoms with Crippen molar-refractivity contribution in [3.05, 3.63) is 11.8 Å². The van der Waals surface area contributed by atoms with E-state index in [2.05, 4.69) is 22.0 Å². The van der Waals surface area contributed by atoms with E-state index in [9.17, 15) is 4.79 Å². The molecule has 1 saturated heterocycles. The van der Waals surface area contributed by atoms with Gasteiger partial charge in [0.05, 0.1) is 6.04 Å². The molecular formula is C17H28N4O2. The van der Waals surface area contributed by atoms with Crippen molar-refractivity contribution in [1.82, 2.24) is 20.0 Å². The zero-order valence-electron chi connectivity index (χ0n) is 14.3. The number of nitrogens with zero attached hydrogens (tertiary/aromatic N) is 4. The molecule has 23 heavy (non-hydrogen) atoms. The Labute approximate surface area is 138 Å². The summed E-state index contributed by atoms with van der Waals surface area (Å²) >= 11 is 0. The number of aryl methyl sites for hydroxylation is 1. The number of amides is 1. The molecule has 2 heterocycles. The van der Waals surface area contributed by atoms with Gasteiger partial charge in [-0.25, -0.2) is 0 Å². The standard InChI is InChI=1S/C17H28N4O2/c1-13(17-19-18-14(2)23-17)20-8-10-21(11-9-20)16(22)12-15-6-4-3-5-7-15/h13,15H,3-12H2,1-2H3/t13-/m0/s1. The lowest BCUT2D eigenvalue weighted by Gasteiger charge is -2.37. The highest BCUT2D eigenvalue weighted by atomic mass is 16.4. The average molecular weight is 320 g/mol. The first-order chi connectivity index (χ1) is 11.1. The number of carbonyl (C=O) groups excluding carboxylic acids is 1. The number of rotatable bonds is 4. The smallest absolute Gasteiger partial charge is 0.233 e. The molecule has 3 rings (SSSR count). The fourth-order valence-electron chi connectivity index (χ4n) is 3.76. The molecule has 128 valence electrons. The van der Waals surface area contributed by atoms with Crippen molar-refractivity contribution in [1.29, 1.82) is 0 Å². The molecule has 1 aromatic rings. The average Bonchev–Trinajstić information content (AvgIpc) is 3.02. The Morgan fingerprint density at radius 1 is 1.17 bits per heavy atom. The van der Waals surface area contributed by atoms with Crippen LogP contribution in [0.4, 0.5) is 0 Å². The van der Waals surface area contributed by atoms with E-state index in [-0.39, 0.29) is 6.04 Å². The summed E-state index contributed by atoms with van der Waals surface area (Å²) in [6.45, 7) is 7.27. The van der Waals surface area contributed by atoms with Crippen LogP contribution in [0.1, 0.15) is 63.3 Å². The van der Waals surface area contributed by atoms with Crippen LogP contribution in [0.2, 0.25) is 0 Å². The van der Waals surface area contributed by atoms with Gasteiger partial charge in [-0.05, 0) is 25.7 Å². The lowest BCUT2D eigenvalue weighted by molar-refractivity contribution is -0.134. The van der Waals surface area contributed by atoms with Crippen LogP contribution in [-0.2, 0) is 4.79 Å². The minimum absolute atomic E-state index is 0.117. The van der Waals surface area contributed by atoms with Crippen molar-refractivity contribution >= 4 is 5.91 Å². The van der Waals surface area contributed by atoms with E-state index in [0.29, 0.717) is 23.6 Å². The fraction of sp³-hybridized carbons (Fsp3) is 0.824. The highest BCUT2D eigenvalue weighted by molar-refractivity contribution is 5.76. The van der Waals surface area contributed by atoms with E-state index >= 15 is 0 Å². The molecule has 1 aliphatic heterocycles. The highest BCUT2D eigenvalue weighted by Gasteiger charge is 2.28. The molecule has 2 aliphatic rings. The van der Waals surface area contributed by atoms with Gasteiger partial charge >= 0.3 is 0 Å². The molecular weight excluding hydrogens is 292 g/mol. The summed E-state index contributed by atoms with van der Waals surface area (Å²) in [5.74, 6) is 2.24. The third kappa shape index (κ3) is 4.10. The van der Waals surface area contributed by atoms with Gasteiger partial charge in [0.15, 0.2) is 0 Å². The maximum absolute atomic E-state index is 12.5. The zero-order chi connectivity index (χ0) is 16.2. The topological polar surface area (TPSA) is 62.5 Å². The van der Waals surface area contributed by atoms with E-state index in [1.807, 2.05) is 11.8 Å². The lowest BCUT2D eigenvalue weighted by Crippen LogP contribution is -2.49. The molecule has 6 heteroatoms. The second kappa shape index (κ2) is 7.43. The SMILES string of the molecule is Cc1nnc([C@H](C)N2CCN(C(=O)CC3CCCCC3)CC2)o1. The summed E-state index contributed by atoms with van der Waals surface area (Å²) in [6.07, 6.45) is 7.16. The minimum atomic E-state index is 0.117. The molecule has 0 aromatic carbocycles. The van der Waals surface area contributed by atoms with Crippen LogP contribution in [0.5, 0.6) is 0 Å². The van der Waals surface area contributed by atoms with Crippen molar-refractivity contribution in [2.45, 2.75) is 58.4 Å². The Kier molecular flexibility index (Phi) is 5.30. The van der Waals surface area contributed by atoms with Crippen molar-refractivity contribution < 1.29 is 9.21 Å². The third-order valence-electron chi connectivity index (χ3n) is 5.30. The maximum Gasteiger partial charge on any atom is 0.233 e. The highest BCUT2D eigenvalue weighted by Crippen LogP contribution is 2.27. The summed E-state index contributed by atoms with van der Waals surface area (Å²) in [5, 5.41) is 8.02. The number of hydrogen-bond acceptors (Lipinski definition) is 5. The first-order valence-corrected chi connectivity index (χ1v) is 8.95. The van der Waals surface area contributed by atoms with Crippen molar-refractivity contribution in [2.75, 3.05) is 26.2 Å². The number of aromatic nitrogens is 2. The van der Waals surface area contributed by atoms with Crippen molar-refractivity contribution in [3.63, 3.8) is 0 Å². The van der Waals surface area contributed by atoms with Crippen LogP contribution in [0.3, 0.4) is 0 Å². The zero-order valence-corrected chi connectivity index (χ0v) is 14.3. The summed E-state index contributed by atoms with van der Waals surface area (Å²) in [4.78, 5) is 16.8. The Balaban J connectivity index is 1.46. The van der Waals surface area contributed by atoms with Crippen LogP contribution in [-0.4, -0.2) is 52.1 Å². The Morgan fingerprint density at radius 2 is 1.87 bits per heavy atom.